The Labute approximate surface area is 201 Å². The molecular weight excluding hydrogens is 445 g/mol. The Balaban J connectivity index is 1.09. The Morgan fingerprint density at radius 1 is 1.03 bits per heavy atom. The lowest BCUT2D eigenvalue weighted by Crippen LogP contribution is -2.38. The minimum absolute atomic E-state index is 0.00709. The van der Waals surface area contributed by atoms with Crippen molar-refractivity contribution in [2.45, 2.75) is 19.3 Å². The van der Waals surface area contributed by atoms with E-state index in [0.717, 1.165) is 35.0 Å². The molecular formula is C27H24FN5O2. The van der Waals surface area contributed by atoms with Gasteiger partial charge in [0.2, 0.25) is 5.91 Å². The number of halogens is 1. The van der Waals surface area contributed by atoms with Gasteiger partial charge in [0.05, 0.1) is 11.0 Å². The summed E-state index contributed by atoms with van der Waals surface area (Å²) >= 11 is 0. The van der Waals surface area contributed by atoms with E-state index in [4.69, 9.17) is 4.42 Å². The Morgan fingerprint density at radius 2 is 1.83 bits per heavy atom. The van der Waals surface area contributed by atoms with Crippen LogP contribution in [0.3, 0.4) is 0 Å². The molecule has 1 fully saturated rings. The molecule has 7 nitrogen and oxygen atoms in total. The van der Waals surface area contributed by atoms with E-state index in [0.29, 0.717) is 42.6 Å². The second-order valence-electron chi connectivity index (χ2n) is 8.90. The Morgan fingerprint density at radius 3 is 2.66 bits per heavy atom. The van der Waals surface area contributed by atoms with Gasteiger partial charge in [-0.25, -0.2) is 9.37 Å². The number of rotatable bonds is 5. The number of carbonyl (C=O) groups excluding carboxylic acids is 1. The van der Waals surface area contributed by atoms with Gasteiger partial charge < -0.3 is 19.6 Å². The number of para-hydroxylation sites is 2. The normalized spacial score (nSPS) is 14.6. The lowest BCUT2D eigenvalue weighted by Gasteiger charge is -2.30. The number of carbonyl (C=O) groups is 1. The zero-order valence-electron chi connectivity index (χ0n) is 19.0. The fourth-order valence-corrected chi connectivity index (χ4v) is 4.62. The SMILES string of the molecule is O=C(Nc1ccc2nc(Cc3ccccc3F)[nH]c2c1)C1CCN(c2nc3ccccc3o2)CC1. The molecule has 2 aromatic heterocycles. The molecule has 3 aromatic carbocycles. The maximum Gasteiger partial charge on any atom is 0.298 e. The summed E-state index contributed by atoms with van der Waals surface area (Å²) < 4.78 is 19.9. The van der Waals surface area contributed by atoms with Gasteiger partial charge in [0.1, 0.15) is 17.2 Å². The van der Waals surface area contributed by atoms with Crippen molar-refractivity contribution >= 4 is 39.7 Å². The zero-order chi connectivity index (χ0) is 23.8. The lowest BCUT2D eigenvalue weighted by atomic mass is 9.96. The predicted molar refractivity (Wildman–Crippen MR) is 133 cm³/mol. The number of oxazole rings is 1. The van der Waals surface area contributed by atoms with Crippen LogP contribution < -0.4 is 10.2 Å². The van der Waals surface area contributed by atoms with Crippen LogP contribution in [0.2, 0.25) is 0 Å². The number of aromatic amines is 1. The number of piperidine rings is 1. The molecule has 1 amide bonds. The zero-order valence-corrected chi connectivity index (χ0v) is 19.0. The van der Waals surface area contributed by atoms with Crippen molar-refractivity contribution in [3.8, 4) is 0 Å². The molecule has 176 valence electrons. The molecule has 1 aliphatic rings. The first-order valence-corrected chi connectivity index (χ1v) is 11.8. The molecule has 0 atom stereocenters. The molecule has 6 rings (SSSR count). The summed E-state index contributed by atoms with van der Waals surface area (Å²) in [5.74, 6) is 0.362. The summed E-state index contributed by atoms with van der Waals surface area (Å²) in [4.78, 5) is 27.4. The van der Waals surface area contributed by atoms with E-state index in [-0.39, 0.29) is 17.6 Å². The van der Waals surface area contributed by atoms with Crippen LogP contribution in [0.5, 0.6) is 0 Å². The lowest BCUT2D eigenvalue weighted by molar-refractivity contribution is -0.120. The molecule has 2 N–H and O–H groups in total. The molecule has 1 saturated heterocycles. The average Bonchev–Trinajstić information content (AvgIpc) is 3.49. The molecule has 0 unspecified atom stereocenters. The van der Waals surface area contributed by atoms with Gasteiger partial charge in [-0.1, -0.05) is 30.3 Å². The third-order valence-electron chi connectivity index (χ3n) is 6.53. The monoisotopic (exact) mass is 469 g/mol. The summed E-state index contributed by atoms with van der Waals surface area (Å²) in [5, 5.41) is 3.04. The molecule has 0 aliphatic carbocycles. The summed E-state index contributed by atoms with van der Waals surface area (Å²) in [5.41, 5.74) is 4.50. The number of hydrogen-bond acceptors (Lipinski definition) is 5. The second-order valence-corrected chi connectivity index (χ2v) is 8.90. The fraction of sp³-hybridized carbons (Fsp3) is 0.222. The van der Waals surface area contributed by atoms with E-state index in [1.165, 1.54) is 6.07 Å². The molecule has 0 spiro atoms. The number of benzene rings is 3. The minimum atomic E-state index is -0.247. The van der Waals surface area contributed by atoms with Crippen molar-refractivity contribution in [2.24, 2.45) is 5.92 Å². The average molecular weight is 470 g/mol. The molecule has 35 heavy (non-hydrogen) atoms. The summed E-state index contributed by atoms with van der Waals surface area (Å²) in [6.45, 7) is 1.42. The van der Waals surface area contributed by atoms with E-state index in [1.54, 1.807) is 12.1 Å². The fourth-order valence-electron chi connectivity index (χ4n) is 4.62. The molecule has 0 saturated carbocycles. The third kappa shape index (κ3) is 4.35. The van der Waals surface area contributed by atoms with Gasteiger partial charge in [-0.05, 0) is 54.8 Å². The van der Waals surface area contributed by atoms with Crippen LogP contribution in [-0.2, 0) is 11.2 Å². The van der Waals surface area contributed by atoms with Crippen LogP contribution in [0.25, 0.3) is 22.1 Å². The highest BCUT2D eigenvalue weighted by molar-refractivity contribution is 5.94. The standard InChI is InChI=1S/C27H24FN5O2/c28-20-6-2-1-5-18(20)15-25-30-21-10-9-19(16-23(21)31-25)29-26(34)17-11-13-33(14-12-17)27-32-22-7-3-4-8-24(22)35-27/h1-10,16-17H,11-15H2,(H,29,34)(H,30,31). The molecule has 0 bridgehead atoms. The van der Waals surface area contributed by atoms with E-state index in [9.17, 15) is 9.18 Å². The number of fused-ring (bicyclic) bond motifs is 2. The first-order valence-electron chi connectivity index (χ1n) is 11.8. The van der Waals surface area contributed by atoms with Crippen LogP contribution in [0.1, 0.15) is 24.2 Å². The third-order valence-corrected chi connectivity index (χ3v) is 6.53. The van der Waals surface area contributed by atoms with Gasteiger partial charge in [0, 0.05) is 31.1 Å². The molecule has 5 aromatic rings. The van der Waals surface area contributed by atoms with Crippen molar-refractivity contribution in [2.75, 3.05) is 23.3 Å². The van der Waals surface area contributed by atoms with Crippen molar-refractivity contribution < 1.29 is 13.6 Å². The van der Waals surface area contributed by atoms with Gasteiger partial charge in [0.25, 0.3) is 6.01 Å². The van der Waals surface area contributed by atoms with E-state index in [2.05, 4.69) is 25.2 Å². The Bertz CT molecular complexity index is 1480. The summed E-state index contributed by atoms with van der Waals surface area (Å²) in [6, 6.07) is 20.6. The van der Waals surface area contributed by atoms with E-state index < -0.39 is 0 Å². The van der Waals surface area contributed by atoms with Gasteiger partial charge in [0.15, 0.2) is 5.58 Å². The largest absolute Gasteiger partial charge is 0.423 e. The summed E-state index contributed by atoms with van der Waals surface area (Å²) in [7, 11) is 0. The maximum absolute atomic E-state index is 14.0. The Hall–Kier alpha value is -4.20. The highest BCUT2D eigenvalue weighted by Gasteiger charge is 2.27. The maximum atomic E-state index is 14.0. The smallest absolute Gasteiger partial charge is 0.298 e. The van der Waals surface area contributed by atoms with Crippen molar-refractivity contribution in [3.63, 3.8) is 0 Å². The quantitative estimate of drug-likeness (QED) is 0.365. The predicted octanol–water partition coefficient (Wildman–Crippen LogP) is 5.29. The van der Waals surface area contributed by atoms with Crippen LogP contribution in [0.4, 0.5) is 16.1 Å². The number of hydrogen-bond donors (Lipinski definition) is 2. The van der Waals surface area contributed by atoms with Crippen LogP contribution in [0, 0.1) is 11.7 Å². The molecule has 3 heterocycles. The first-order chi connectivity index (χ1) is 17.1. The number of amides is 1. The molecule has 1 aliphatic heterocycles. The van der Waals surface area contributed by atoms with Crippen LogP contribution in [-0.4, -0.2) is 33.9 Å². The van der Waals surface area contributed by atoms with Gasteiger partial charge >= 0.3 is 0 Å². The van der Waals surface area contributed by atoms with Crippen molar-refractivity contribution in [1.29, 1.82) is 0 Å². The topological polar surface area (TPSA) is 87.0 Å². The van der Waals surface area contributed by atoms with Crippen molar-refractivity contribution in [3.05, 3.63) is 83.9 Å². The molecule has 8 heteroatoms. The van der Waals surface area contributed by atoms with Gasteiger partial charge in [-0.15, -0.1) is 0 Å². The second kappa shape index (κ2) is 8.87. The number of anilines is 2. The summed E-state index contributed by atoms with van der Waals surface area (Å²) in [6.07, 6.45) is 1.83. The van der Waals surface area contributed by atoms with Crippen molar-refractivity contribution in [1.82, 2.24) is 15.0 Å². The highest BCUT2D eigenvalue weighted by atomic mass is 19.1. The van der Waals surface area contributed by atoms with Gasteiger partial charge in [-0.3, -0.25) is 4.79 Å². The number of imidazole rings is 1. The number of aromatic nitrogens is 3. The number of nitrogens with one attached hydrogen (secondary N) is 2. The number of H-pyrrole nitrogens is 1. The number of nitrogens with zero attached hydrogens (tertiary/aromatic N) is 3. The van der Waals surface area contributed by atoms with E-state index >= 15 is 0 Å². The van der Waals surface area contributed by atoms with Crippen LogP contribution in [0.15, 0.2) is 71.1 Å². The minimum Gasteiger partial charge on any atom is -0.423 e. The highest BCUT2D eigenvalue weighted by Crippen LogP contribution is 2.27. The van der Waals surface area contributed by atoms with Gasteiger partial charge in [-0.2, -0.15) is 4.98 Å². The van der Waals surface area contributed by atoms with Crippen LogP contribution >= 0.6 is 0 Å². The molecule has 0 radical (unpaired) electrons. The first kappa shape index (κ1) is 21.3. The Kier molecular flexibility index (Phi) is 5.41. The van der Waals surface area contributed by atoms with E-state index in [1.807, 2.05) is 48.5 Å².